The van der Waals surface area contributed by atoms with Crippen molar-refractivity contribution < 1.29 is 14.2 Å². The molecule has 0 aliphatic carbocycles. The van der Waals surface area contributed by atoms with Crippen LogP contribution >= 0.6 is 15.9 Å². The van der Waals surface area contributed by atoms with Gasteiger partial charge in [0.15, 0.2) is 0 Å². The van der Waals surface area contributed by atoms with Gasteiger partial charge in [-0.1, -0.05) is 30.3 Å². The van der Waals surface area contributed by atoms with Crippen LogP contribution in [0.5, 0.6) is 5.75 Å². The van der Waals surface area contributed by atoms with Gasteiger partial charge in [0.2, 0.25) is 0 Å². The molecule has 4 heteroatoms. The Bertz CT molecular complexity index is 542. The van der Waals surface area contributed by atoms with Gasteiger partial charge in [-0.05, 0) is 32.8 Å². The average molecular weight is 339 g/mol. The highest BCUT2D eigenvalue weighted by Crippen LogP contribution is 2.32. The summed E-state index contributed by atoms with van der Waals surface area (Å²) in [7, 11) is 1.67. The van der Waals surface area contributed by atoms with Gasteiger partial charge in [0.05, 0.1) is 24.3 Å². The van der Waals surface area contributed by atoms with Crippen LogP contribution in [0.4, 0.5) is 0 Å². The SMILES string of the molecule is COCCOCCCOc1ccc2ccccc2c1Br. The lowest BCUT2D eigenvalue weighted by molar-refractivity contribution is 0.0644. The summed E-state index contributed by atoms with van der Waals surface area (Å²) in [6, 6.07) is 12.3. The van der Waals surface area contributed by atoms with E-state index in [1.807, 2.05) is 18.2 Å². The van der Waals surface area contributed by atoms with Crippen molar-refractivity contribution in [2.75, 3.05) is 33.5 Å². The minimum absolute atomic E-state index is 0.635. The normalized spacial score (nSPS) is 10.9. The van der Waals surface area contributed by atoms with Crippen molar-refractivity contribution in [1.82, 2.24) is 0 Å². The van der Waals surface area contributed by atoms with Crippen LogP contribution in [0.15, 0.2) is 40.9 Å². The summed E-state index contributed by atoms with van der Waals surface area (Å²) in [5.74, 6) is 0.876. The minimum Gasteiger partial charge on any atom is -0.492 e. The Hall–Kier alpha value is -1.10. The highest BCUT2D eigenvalue weighted by atomic mass is 79.9. The molecule has 108 valence electrons. The largest absolute Gasteiger partial charge is 0.492 e. The van der Waals surface area contributed by atoms with Crippen molar-refractivity contribution >= 4 is 26.7 Å². The predicted octanol–water partition coefficient (Wildman–Crippen LogP) is 4.03. The second kappa shape index (κ2) is 8.25. The van der Waals surface area contributed by atoms with E-state index in [9.17, 15) is 0 Å². The molecule has 2 aromatic carbocycles. The molecule has 0 aliphatic heterocycles. The van der Waals surface area contributed by atoms with Gasteiger partial charge < -0.3 is 14.2 Å². The maximum atomic E-state index is 5.79. The Labute approximate surface area is 128 Å². The number of hydrogen-bond donors (Lipinski definition) is 0. The standard InChI is InChI=1S/C16H19BrO3/c1-18-11-12-19-9-4-10-20-15-8-7-13-5-2-3-6-14(13)16(15)17/h2-3,5-8H,4,9-12H2,1H3. The van der Waals surface area contributed by atoms with E-state index in [1.54, 1.807) is 7.11 Å². The third-order valence-corrected chi connectivity index (χ3v) is 3.77. The molecule has 0 saturated carbocycles. The van der Waals surface area contributed by atoms with Gasteiger partial charge in [0.25, 0.3) is 0 Å². The van der Waals surface area contributed by atoms with Crippen molar-refractivity contribution in [3.05, 3.63) is 40.9 Å². The summed E-state index contributed by atoms with van der Waals surface area (Å²) < 4.78 is 17.1. The van der Waals surface area contributed by atoms with Crippen LogP contribution in [-0.4, -0.2) is 33.5 Å². The lowest BCUT2D eigenvalue weighted by Crippen LogP contribution is -2.07. The van der Waals surface area contributed by atoms with Gasteiger partial charge in [-0.3, -0.25) is 0 Å². The van der Waals surface area contributed by atoms with E-state index in [4.69, 9.17) is 14.2 Å². The summed E-state index contributed by atoms with van der Waals surface area (Å²) in [6.07, 6.45) is 0.864. The fraction of sp³-hybridized carbons (Fsp3) is 0.375. The lowest BCUT2D eigenvalue weighted by Gasteiger charge is -2.10. The van der Waals surface area contributed by atoms with E-state index in [-0.39, 0.29) is 0 Å². The summed E-state index contributed by atoms with van der Waals surface area (Å²) >= 11 is 3.61. The number of ether oxygens (including phenoxy) is 3. The van der Waals surface area contributed by atoms with E-state index >= 15 is 0 Å². The molecule has 0 saturated heterocycles. The van der Waals surface area contributed by atoms with Crippen LogP contribution in [-0.2, 0) is 9.47 Å². The second-order valence-corrected chi connectivity index (χ2v) is 5.20. The van der Waals surface area contributed by atoms with Crippen LogP contribution in [0.3, 0.4) is 0 Å². The predicted molar refractivity (Wildman–Crippen MR) is 84.5 cm³/mol. The Morgan fingerprint density at radius 2 is 1.80 bits per heavy atom. The molecule has 0 amide bonds. The quantitative estimate of drug-likeness (QED) is 0.680. The Morgan fingerprint density at radius 3 is 2.65 bits per heavy atom. The fourth-order valence-corrected chi connectivity index (χ4v) is 2.52. The molecular weight excluding hydrogens is 320 g/mol. The number of halogens is 1. The number of hydrogen-bond acceptors (Lipinski definition) is 3. The van der Waals surface area contributed by atoms with E-state index in [1.165, 1.54) is 10.8 Å². The topological polar surface area (TPSA) is 27.7 Å². The van der Waals surface area contributed by atoms with Gasteiger partial charge in [-0.15, -0.1) is 0 Å². The third-order valence-electron chi connectivity index (χ3n) is 2.95. The monoisotopic (exact) mass is 338 g/mol. The molecule has 20 heavy (non-hydrogen) atoms. The Balaban J connectivity index is 1.83. The zero-order valence-electron chi connectivity index (χ0n) is 11.6. The molecule has 0 atom stereocenters. The molecule has 0 spiro atoms. The molecule has 0 unspecified atom stereocenters. The average Bonchev–Trinajstić information content (AvgIpc) is 2.49. The fourth-order valence-electron chi connectivity index (χ4n) is 1.91. The van der Waals surface area contributed by atoms with Crippen LogP contribution in [0, 0.1) is 0 Å². The number of rotatable bonds is 8. The minimum atomic E-state index is 0.635. The van der Waals surface area contributed by atoms with Gasteiger partial charge in [-0.25, -0.2) is 0 Å². The van der Waals surface area contributed by atoms with Gasteiger partial charge in [0, 0.05) is 20.1 Å². The van der Waals surface area contributed by atoms with E-state index in [0.29, 0.717) is 26.4 Å². The first-order valence-electron chi connectivity index (χ1n) is 6.69. The molecule has 0 radical (unpaired) electrons. The highest BCUT2D eigenvalue weighted by molar-refractivity contribution is 9.10. The van der Waals surface area contributed by atoms with Crippen LogP contribution < -0.4 is 4.74 Å². The molecule has 0 N–H and O–H groups in total. The lowest BCUT2D eigenvalue weighted by atomic mass is 10.1. The Morgan fingerprint density at radius 1 is 0.950 bits per heavy atom. The van der Waals surface area contributed by atoms with Crippen molar-refractivity contribution in [2.45, 2.75) is 6.42 Å². The van der Waals surface area contributed by atoms with Crippen molar-refractivity contribution in [1.29, 1.82) is 0 Å². The number of benzene rings is 2. The van der Waals surface area contributed by atoms with Gasteiger partial charge >= 0.3 is 0 Å². The van der Waals surface area contributed by atoms with E-state index in [2.05, 4.69) is 34.1 Å². The molecule has 0 fully saturated rings. The first kappa shape index (κ1) is 15.3. The van der Waals surface area contributed by atoms with Crippen LogP contribution in [0.1, 0.15) is 6.42 Å². The van der Waals surface area contributed by atoms with Gasteiger partial charge in [0.1, 0.15) is 5.75 Å². The first-order valence-corrected chi connectivity index (χ1v) is 7.49. The maximum Gasteiger partial charge on any atom is 0.134 e. The van der Waals surface area contributed by atoms with E-state index < -0.39 is 0 Å². The summed E-state index contributed by atoms with van der Waals surface area (Å²) in [4.78, 5) is 0. The molecule has 0 heterocycles. The summed E-state index contributed by atoms with van der Waals surface area (Å²) in [5, 5.41) is 2.37. The van der Waals surface area contributed by atoms with E-state index in [0.717, 1.165) is 16.6 Å². The molecule has 3 nitrogen and oxygen atoms in total. The summed E-state index contributed by atoms with van der Waals surface area (Å²) in [6.45, 7) is 2.60. The third kappa shape index (κ3) is 4.20. The molecule has 0 aliphatic rings. The van der Waals surface area contributed by atoms with Gasteiger partial charge in [-0.2, -0.15) is 0 Å². The second-order valence-electron chi connectivity index (χ2n) is 4.41. The molecule has 2 rings (SSSR count). The van der Waals surface area contributed by atoms with Crippen molar-refractivity contribution in [3.8, 4) is 5.75 Å². The highest BCUT2D eigenvalue weighted by Gasteiger charge is 2.05. The first-order chi connectivity index (χ1) is 9.83. The smallest absolute Gasteiger partial charge is 0.134 e. The zero-order valence-corrected chi connectivity index (χ0v) is 13.2. The molecule has 0 aromatic heterocycles. The Kier molecular flexibility index (Phi) is 6.30. The van der Waals surface area contributed by atoms with Crippen molar-refractivity contribution in [3.63, 3.8) is 0 Å². The van der Waals surface area contributed by atoms with Crippen molar-refractivity contribution in [2.24, 2.45) is 0 Å². The maximum absolute atomic E-state index is 5.79. The van der Waals surface area contributed by atoms with Crippen LogP contribution in [0.25, 0.3) is 10.8 Å². The molecule has 0 bridgehead atoms. The number of fused-ring (bicyclic) bond motifs is 1. The number of methoxy groups -OCH3 is 1. The summed E-state index contributed by atoms with van der Waals surface area (Å²) in [5.41, 5.74) is 0. The zero-order chi connectivity index (χ0) is 14.2. The van der Waals surface area contributed by atoms with Crippen LogP contribution in [0.2, 0.25) is 0 Å². The molecular formula is C16H19BrO3. The molecule has 2 aromatic rings.